The summed E-state index contributed by atoms with van der Waals surface area (Å²) in [4.78, 5) is 26.3. The summed E-state index contributed by atoms with van der Waals surface area (Å²) in [5.41, 5.74) is 1.80. The molecule has 0 unspecified atom stereocenters. The highest BCUT2D eigenvalue weighted by atomic mass is 16.2. The number of hydrogen-bond acceptors (Lipinski definition) is 2. The molecule has 0 spiro atoms. The lowest BCUT2D eigenvalue weighted by atomic mass is 10.2. The average Bonchev–Trinajstić information content (AvgIpc) is 2.96. The molecule has 5 nitrogen and oxygen atoms in total. The summed E-state index contributed by atoms with van der Waals surface area (Å²) in [5, 5.41) is 5.83. The topological polar surface area (TPSA) is 61.4 Å². The van der Waals surface area contributed by atoms with E-state index in [-0.39, 0.29) is 18.0 Å². The van der Waals surface area contributed by atoms with Crippen molar-refractivity contribution in [3.8, 4) is 0 Å². The number of amides is 3. The Balaban J connectivity index is 1.99. The van der Waals surface area contributed by atoms with Gasteiger partial charge < -0.3 is 15.5 Å². The van der Waals surface area contributed by atoms with Gasteiger partial charge in [-0.1, -0.05) is 32.0 Å². The van der Waals surface area contributed by atoms with Crippen molar-refractivity contribution < 1.29 is 9.59 Å². The monoisotopic (exact) mass is 303 g/mol. The SMILES string of the molecule is Cc1ccccc1NC(=O)N1CCC[C@@H]1C(=O)NCC(C)C. The maximum atomic E-state index is 12.5. The van der Waals surface area contributed by atoms with E-state index < -0.39 is 0 Å². The van der Waals surface area contributed by atoms with E-state index in [0.29, 0.717) is 19.0 Å². The van der Waals surface area contributed by atoms with Gasteiger partial charge in [-0.2, -0.15) is 0 Å². The van der Waals surface area contributed by atoms with Crippen LogP contribution in [-0.2, 0) is 4.79 Å². The minimum absolute atomic E-state index is 0.0499. The summed E-state index contributed by atoms with van der Waals surface area (Å²) in [6, 6.07) is 7.09. The number of urea groups is 1. The first kappa shape index (κ1) is 16.3. The number of anilines is 1. The number of carbonyl (C=O) groups excluding carboxylic acids is 2. The van der Waals surface area contributed by atoms with E-state index in [1.165, 1.54) is 0 Å². The summed E-state index contributed by atoms with van der Waals surface area (Å²) in [6.07, 6.45) is 1.59. The molecular formula is C17H25N3O2. The molecule has 2 rings (SSSR count). The first-order valence-corrected chi connectivity index (χ1v) is 7.90. The molecule has 1 heterocycles. The molecule has 1 atom stereocenters. The van der Waals surface area contributed by atoms with Gasteiger partial charge >= 0.3 is 6.03 Å². The zero-order chi connectivity index (χ0) is 16.1. The van der Waals surface area contributed by atoms with Crippen molar-refractivity contribution in [1.82, 2.24) is 10.2 Å². The molecule has 2 N–H and O–H groups in total. The molecule has 1 aliphatic rings. The number of nitrogens with one attached hydrogen (secondary N) is 2. The molecule has 0 aromatic heterocycles. The maximum Gasteiger partial charge on any atom is 0.322 e. The summed E-state index contributed by atoms with van der Waals surface area (Å²) in [7, 11) is 0. The van der Waals surface area contributed by atoms with Gasteiger partial charge in [0.25, 0.3) is 0 Å². The number of hydrogen-bond donors (Lipinski definition) is 2. The Kier molecular flexibility index (Phi) is 5.41. The summed E-state index contributed by atoms with van der Waals surface area (Å²) < 4.78 is 0. The lowest BCUT2D eigenvalue weighted by Crippen LogP contribution is -2.48. The fraction of sp³-hybridized carbons (Fsp3) is 0.529. The van der Waals surface area contributed by atoms with Crippen LogP contribution in [0.1, 0.15) is 32.3 Å². The Morgan fingerprint density at radius 3 is 2.73 bits per heavy atom. The lowest BCUT2D eigenvalue weighted by Gasteiger charge is -2.25. The molecule has 1 aliphatic heterocycles. The number of para-hydroxylation sites is 1. The summed E-state index contributed by atoms with van der Waals surface area (Å²) in [6.45, 7) is 7.32. The molecule has 5 heteroatoms. The lowest BCUT2D eigenvalue weighted by molar-refractivity contribution is -0.124. The molecule has 1 aromatic carbocycles. The third kappa shape index (κ3) is 4.00. The normalized spacial score (nSPS) is 17.6. The Bertz CT molecular complexity index is 542. The standard InChI is InChI=1S/C17H25N3O2/c1-12(2)11-18-16(21)15-9-6-10-20(15)17(22)19-14-8-5-4-7-13(14)3/h4-5,7-8,12,15H,6,9-11H2,1-3H3,(H,18,21)(H,19,22)/t15-/m1/s1. The fourth-order valence-electron chi connectivity index (χ4n) is 2.61. The van der Waals surface area contributed by atoms with Crippen LogP contribution in [0.3, 0.4) is 0 Å². The van der Waals surface area contributed by atoms with Gasteiger partial charge in [-0.3, -0.25) is 4.79 Å². The summed E-state index contributed by atoms with van der Waals surface area (Å²) in [5.74, 6) is 0.353. The van der Waals surface area contributed by atoms with E-state index >= 15 is 0 Å². The predicted octanol–water partition coefficient (Wildman–Crippen LogP) is 2.76. The number of likely N-dealkylation sites (tertiary alicyclic amines) is 1. The van der Waals surface area contributed by atoms with Crippen LogP contribution in [0.5, 0.6) is 0 Å². The van der Waals surface area contributed by atoms with Crippen LogP contribution in [-0.4, -0.2) is 36.0 Å². The third-order valence-corrected chi connectivity index (χ3v) is 3.89. The van der Waals surface area contributed by atoms with E-state index in [1.807, 2.05) is 31.2 Å². The first-order valence-electron chi connectivity index (χ1n) is 7.90. The van der Waals surface area contributed by atoms with Crippen LogP contribution in [0.2, 0.25) is 0 Å². The van der Waals surface area contributed by atoms with E-state index in [0.717, 1.165) is 24.1 Å². The second-order valence-electron chi connectivity index (χ2n) is 6.24. The third-order valence-electron chi connectivity index (χ3n) is 3.89. The number of rotatable bonds is 4. The fourth-order valence-corrected chi connectivity index (χ4v) is 2.61. The highest BCUT2D eigenvalue weighted by Gasteiger charge is 2.34. The van der Waals surface area contributed by atoms with Gasteiger partial charge in [0.15, 0.2) is 0 Å². The Morgan fingerprint density at radius 1 is 1.32 bits per heavy atom. The highest BCUT2D eigenvalue weighted by Crippen LogP contribution is 2.20. The molecule has 1 aromatic rings. The summed E-state index contributed by atoms with van der Waals surface area (Å²) >= 11 is 0. The Hall–Kier alpha value is -2.04. The number of aryl methyl sites for hydroxylation is 1. The molecule has 1 saturated heterocycles. The maximum absolute atomic E-state index is 12.5. The molecule has 0 saturated carbocycles. The molecule has 3 amide bonds. The largest absolute Gasteiger partial charge is 0.354 e. The molecule has 22 heavy (non-hydrogen) atoms. The molecule has 1 fully saturated rings. The van der Waals surface area contributed by atoms with Crippen molar-refractivity contribution in [3.63, 3.8) is 0 Å². The number of nitrogens with zero attached hydrogens (tertiary/aromatic N) is 1. The number of benzene rings is 1. The predicted molar refractivity (Wildman–Crippen MR) is 87.8 cm³/mol. The molecular weight excluding hydrogens is 278 g/mol. The minimum atomic E-state index is -0.359. The Labute approximate surface area is 132 Å². The van der Waals surface area contributed by atoms with E-state index in [1.54, 1.807) is 4.90 Å². The highest BCUT2D eigenvalue weighted by molar-refractivity contribution is 5.94. The van der Waals surface area contributed by atoms with E-state index in [4.69, 9.17) is 0 Å². The zero-order valence-electron chi connectivity index (χ0n) is 13.6. The molecule has 0 radical (unpaired) electrons. The smallest absolute Gasteiger partial charge is 0.322 e. The quantitative estimate of drug-likeness (QED) is 0.898. The molecule has 0 bridgehead atoms. The molecule has 120 valence electrons. The van der Waals surface area contributed by atoms with Crippen molar-refractivity contribution in [3.05, 3.63) is 29.8 Å². The van der Waals surface area contributed by atoms with Gasteiger partial charge in [0.1, 0.15) is 6.04 Å². The van der Waals surface area contributed by atoms with Crippen molar-refractivity contribution in [2.24, 2.45) is 5.92 Å². The zero-order valence-corrected chi connectivity index (χ0v) is 13.6. The van der Waals surface area contributed by atoms with Crippen molar-refractivity contribution >= 4 is 17.6 Å². The minimum Gasteiger partial charge on any atom is -0.354 e. The van der Waals surface area contributed by atoms with E-state index in [2.05, 4.69) is 24.5 Å². The van der Waals surface area contributed by atoms with Crippen molar-refractivity contribution in [1.29, 1.82) is 0 Å². The van der Waals surface area contributed by atoms with Gasteiger partial charge in [-0.05, 0) is 37.3 Å². The van der Waals surface area contributed by atoms with Gasteiger partial charge in [-0.15, -0.1) is 0 Å². The van der Waals surface area contributed by atoms with Gasteiger partial charge in [0, 0.05) is 18.8 Å². The first-order chi connectivity index (χ1) is 10.5. The van der Waals surface area contributed by atoms with Crippen LogP contribution < -0.4 is 10.6 Å². The van der Waals surface area contributed by atoms with Crippen molar-refractivity contribution in [2.45, 2.75) is 39.7 Å². The number of carbonyl (C=O) groups is 2. The van der Waals surface area contributed by atoms with Gasteiger partial charge in [0.2, 0.25) is 5.91 Å². The van der Waals surface area contributed by atoms with Crippen LogP contribution in [0.25, 0.3) is 0 Å². The average molecular weight is 303 g/mol. The van der Waals surface area contributed by atoms with Gasteiger partial charge in [-0.25, -0.2) is 4.79 Å². The van der Waals surface area contributed by atoms with E-state index in [9.17, 15) is 9.59 Å². The van der Waals surface area contributed by atoms with Gasteiger partial charge in [0.05, 0.1) is 0 Å². The van der Waals surface area contributed by atoms with Crippen LogP contribution in [0.4, 0.5) is 10.5 Å². The van der Waals surface area contributed by atoms with Crippen LogP contribution >= 0.6 is 0 Å². The van der Waals surface area contributed by atoms with Crippen molar-refractivity contribution in [2.75, 3.05) is 18.4 Å². The second-order valence-corrected chi connectivity index (χ2v) is 6.24. The van der Waals surface area contributed by atoms with Crippen LogP contribution in [0, 0.1) is 12.8 Å². The Morgan fingerprint density at radius 2 is 2.05 bits per heavy atom. The molecule has 0 aliphatic carbocycles. The van der Waals surface area contributed by atoms with Crippen LogP contribution in [0.15, 0.2) is 24.3 Å². The second kappa shape index (κ2) is 7.29.